The lowest BCUT2D eigenvalue weighted by molar-refractivity contribution is -0.0611. The van der Waals surface area contributed by atoms with E-state index in [1.165, 1.54) is 4.90 Å². The van der Waals surface area contributed by atoms with Gasteiger partial charge in [-0.3, -0.25) is 9.89 Å². The minimum Gasteiger partial charge on any atom is -0.444 e. The van der Waals surface area contributed by atoms with Crippen LogP contribution >= 0.6 is 0 Å². The largest absolute Gasteiger partial charge is 0.444 e. The van der Waals surface area contributed by atoms with Crippen molar-refractivity contribution in [2.24, 2.45) is 12.0 Å². The molecule has 1 heterocycles. The van der Waals surface area contributed by atoms with Crippen LogP contribution in [0.15, 0.2) is 17.4 Å². The highest BCUT2D eigenvalue weighted by Crippen LogP contribution is 2.11. The molecule has 0 bridgehead atoms. The topological polar surface area (TPSA) is 81.0 Å². The lowest BCUT2D eigenvalue weighted by Crippen LogP contribution is -2.52. The average molecular weight is 325 g/mol. The second kappa shape index (κ2) is 7.96. The molecule has 0 aliphatic carbocycles. The first kappa shape index (κ1) is 19.0. The maximum atomic E-state index is 12.2. The molecule has 1 aromatic heterocycles. The molecule has 1 amide bonds. The van der Waals surface area contributed by atoms with Crippen LogP contribution in [0.2, 0.25) is 0 Å². The number of amides is 1. The number of nitrogens with one attached hydrogen (secondary N) is 1. The number of aromatic nitrogens is 2. The molecule has 0 spiro atoms. The minimum absolute atomic E-state index is 0.419. The zero-order chi connectivity index (χ0) is 17.6. The summed E-state index contributed by atoms with van der Waals surface area (Å²) in [6.45, 7) is 7.71. The van der Waals surface area contributed by atoms with E-state index < -0.39 is 18.0 Å². The van der Waals surface area contributed by atoms with Crippen molar-refractivity contribution in [3.63, 3.8) is 0 Å². The molecule has 130 valence electrons. The third-order valence-corrected chi connectivity index (χ3v) is 2.87. The van der Waals surface area contributed by atoms with Crippen LogP contribution in [0.4, 0.5) is 4.79 Å². The molecule has 0 aliphatic heterocycles. The Hall–Kier alpha value is -2.09. The Morgan fingerprint density at radius 3 is 2.61 bits per heavy atom. The quantitative estimate of drug-likeness (QED) is 0.505. The van der Waals surface area contributed by atoms with E-state index in [-0.39, 0.29) is 0 Å². The summed E-state index contributed by atoms with van der Waals surface area (Å²) in [7, 11) is 5.11. The van der Waals surface area contributed by atoms with Crippen LogP contribution in [0.5, 0.6) is 0 Å². The predicted molar refractivity (Wildman–Crippen MR) is 88.2 cm³/mol. The lowest BCUT2D eigenvalue weighted by atomic mass is 10.2. The van der Waals surface area contributed by atoms with Crippen molar-refractivity contribution in [2.45, 2.75) is 39.6 Å². The van der Waals surface area contributed by atoms with Crippen LogP contribution in [0.1, 0.15) is 33.5 Å². The van der Waals surface area contributed by atoms with Crippen LogP contribution < -0.4 is 5.32 Å². The summed E-state index contributed by atoms with van der Waals surface area (Å²) in [5.41, 5.74) is -0.580. The first-order valence-corrected chi connectivity index (χ1v) is 7.48. The first-order chi connectivity index (χ1) is 10.7. The van der Waals surface area contributed by atoms with E-state index in [1.54, 1.807) is 20.3 Å². The Balaban J connectivity index is 2.89. The van der Waals surface area contributed by atoms with Crippen LogP contribution in [-0.4, -0.2) is 59.0 Å². The normalized spacial score (nSPS) is 13.6. The number of hydrogen-bond donors (Lipinski definition) is 1. The SMILES string of the molecule is CCOC(N/C(=N/C)c1nccn1C)N(C)C(=O)OC(C)(C)C. The lowest BCUT2D eigenvalue weighted by Gasteiger charge is -2.31. The monoisotopic (exact) mass is 325 g/mol. The second-order valence-corrected chi connectivity index (χ2v) is 5.98. The molecule has 8 nitrogen and oxygen atoms in total. The van der Waals surface area contributed by atoms with Gasteiger partial charge < -0.3 is 19.4 Å². The number of imidazole rings is 1. The maximum absolute atomic E-state index is 12.2. The van der Waals surface area contributed by atoms with Gasteiger partial charge in [0, 0.05) is 40.1 Å². The maximum Gasteiger partial charge on any atom is 0.413 e. The Bertz CT molecular complexity index is 548. The summed E-state index contributed by atoms with van der Waals surface area (Å²) >= 11 is 0. The van der Waals surface area contributed by atoms with Crippen molar-refractivity contribution >= 4 is 11.9 Å². The number of carbonyl (C=O) groups is 1. The molecule has 1 atom stereocenters. The molecule has 1 aromatic rings. The van der Waals surface area contributed by atoms with Crippen molar-refractivity contribution in [1.29, 1.82) is 0 Å². The van der Waals surface area contributed by atoms with E-state index in [0.717, 1.165) is 0 Å². The van der Waals surface area contributed by atoms with Gasteiger partial charge in [0.1, 0.15) is 5.60 Å². The van der Waals surface area contributed by atoms with Crippen molar-refractivity contribution < 1.29 is 14.3 Å². The highest BCUT2D eigenvalue weighted by molar-refractivity contribution is 5.95. The fourth-order valence-electron chi connectivity index (χ4n) is 1.78. The Morgan fingerprint density at radius 2 is 2.17 bits per heavy atom. The number of carbonyl (C=O) groups excluding carboxylic acids is 1. The van der Waals surface area contributed by atoms with Crippen LogP contribution in [0, 0.1) is 0 Å². The highest BCUT2D eigenvalue weighted by atomic mass is 16.6. The zero-order valence-corrected chi connectivity index (χ0v) is 15.0. The minimum atomic E-state index is -0.717. The molecule has 0 aliphatic rings. The van der Waals surface area contributed by atoms with E-state index in [2.05, 4.69) is 15.3 Å². The Labute approximate surface area is 137 Å². The molecular weight excluding hydrogens is 298 g/mol. The average Bonchev–Trinajstić information content (AvgIpc) is 2.87. The number of amidine groups is 1. The van der Waals surface area contributed by atoms with E-state index in [4.69, 9.17) is 9.47 Å². The third-order valence-electron chi connectivity index (χ3n) is 2.87. The van der Waals surface area contributed by atoms with Gasteiger partial charge in [-0.05, 0) is 27.7 Å². The van der Waals surface area contributed by atoms with Crippen molar-refractivity contribution in [2.75, 3.05) is 20.7 Å². The number of rotatable bonds is 5. The molecule has 1 unspecified atom stereocenters. The van der Waals surface area contributed by atoms with E-state index in [9.17, 15) is 4.79 Å². The molecule has 0 radical (unpaired) electrons. The molecule has 8 heteroatoms. The van der Waals surface area contributed by atoms with Gasteiger partial charge in [0.05, 0.1) is 0 Å². The van der Waals surface area contributed by atoms with Gasteiger partial charge in [-0.1, -0.05) is 0 Å². The van der Waals surface area contributed by atoms with Crippen LogP contribution in [-0.2, 0) is 16.5 Å². The van der Waals surface area contributed by atoms with Gasteiger partial charge in [0.25, 0.3) is 0 Å². The summed E-state index contributed by atoms with van der Waals surface area (Å²) in [5, 5.41) is 3.08. The van der Waals surface area contributed by atoms with E-state index in [0.29, 0.717) is 18.3 Å². The van der Waals surface area contributed by atoms with Gasteiger partial charge >= 0.3 is 6.09 Å². The van der Waals surface area contributed by atoms with Gasteiger partial charge in [0.15, 0.2) is 11.7 Å². The smallest absolute Gasteiger partial charge is 0.413 e. The highest BCUT2D eigenvalue weighted by Gasteiger charge is 2.27. The summed E-state index contributed by atoms with van der Waals surface area (Å²) in [5.74, 6) is 1.17. The fourth-order valence-corrected chi connectivity index (χ4v) is 1.78. The van der Waals surface area contributed by atoms with Gasteiger partial charge in [-0.25, -0.2) is 9.78 Å². The van der Waals surface area contributed by atoms with Crippen LogP contribution in [0.25, 0.3) is 0 Å². The van der Waals surface area contributed by atoms with Gasteiger partial charge in [0.2, 0.25) is 6.35 Å². The van der Waals surface area contributed by atoms with E-state index >= 15 is 0 Å². The predicted octanol–water partition coefficient (Wildman–Crippen LogP) is 1.57. The third kappa shape index (κ3) is 5.55. The summed E-state index contributed by atoms with van der Waals surface area (Å²) in [4.78, 5) is 22.0. The fraction of sp³-hybridized carbons (Fsp3) is 0.667. The summed E-state index contributed by atoms with van der Waals surface area (Å²) in [6.07, 6.45) is 2.29. The van der Waals surface area contributed by atoms with Gasteiger partial charge in [-0.15, -0.1) is 0 Å². The first-order valence-electron chi connectivity index (χ1n) is 7.48. The van der Waals surface area contributed by atoms with Crippen molar-refractivity contribution in [3.8, 4) is 0 Å². The number of aliphatic imine (C=N–C) groups is 1. The molecule has 0 saturated carbocycles. The van der Waals surface area contributed by atoms with Gasteiger partial charge in [-0.2, -0.15) is 0 Å². The molecule has 0 aromatic carbocycles. The molecular formula is C15H27N5O3. The number of ether oxygens (including phenoxy) is 2. The molecule has 0 saturated heterocycles. The van der Waals surface area contributed by atoms with Crippen LogP contribution in [0.3, 0.4) is 0 Å². The Morgan fingerprint density at radius 1 is 1.52 bits per heavy atom. The number of aryl methyl sites for hydroxylation is 1. The summed E-state index contributed by atoms with van der Waals surface area (Å²) in [6, 6.07) is 0. The number of hydrogen-bond acceptors (Lipinski definition) is 5. The van der Waals surface area contributed by atoms with Crippen molar-refractivity contribution in [1.82, 2.24) is 19.8 Å². The molecule has 23 heavy (non-hydrogen) atoms. The van der Waals surface area contributed by atoms with E-state index in [1.807, 2.05) is 45.5 Å². The Kier molecular flexibility index (Phi) is 6.56. The molecule has 0 fully saturated rings. The molecule has 1 rings (SSSR count). The number of nitrogens with zero attached hydrogens (tertiary/aromatic N) is 4. The molecule has 1 N–H and O–H groups in total. The second-order valence-electron chi connectivity index (χ2n) is 5.98. The standard InChI is InChI=1S/C15H27N5O3/c1-8-22-13(20(7)14(21)23-15(2,3)4)18-11(16-5)12-17-9-10-19(12)6/h9-10,13H,8H2,1-7H3,(H,16,18). The zero-order valence-electron chi connectivity index (χ0n) is 15.0. The summed E-state index contributed by atoms with van der Waals surface area (Å²) < 4.78 is 12.8. The van der Waals surface area contributed by atoms with Crippen molar-refractivity contribution in [3.05, 3.63) is 18.2 Å².